The molecule has 1 heterocycles. The predicted molar refractivity (Wildman–Crippen MR) is 129 cm³/mol. The molecule has 4 rings (SSSR count). The average Bonchev–Trinajstić information content (AvgIpc) is 3.42. The number of aromatic nitrogens is 1. The van der Waals surface area contributed by atoms with Crippen LogP contribution in [0.5, 0.6) is 0 Å². The van der Waals surface area contributed by atoms with Gasteiger partial charge in [-0.3, -0.25) is 9.59 Å². The van der Waals surface area contributed by atoms with E-state index in [1.165, 1.54) is 11.3 Å². The minimum Gasteiger partial charge on any atom is -0.396 e. The van der Waals surface area contributed by atoms with Gasteiger partial charge in [0.1, 0.15) is 0 Å². The second kappa shape index (κ2) is 8.61. The predicted octanol–water partition coefficient (Wildman–Crippen LogP) is 3.60. The van der Waals surface area contributed by atoms with E-state index in [4.69, 9.17) is 4.98 Å². The van der Waals surface area contributed by atoms with E-state index in [9.17, 15) is 19.8 Å². The summed E-state index contributed by atoms with van der Waals surface area (Å²) >= 11 is 1.48. The number of hydrogen-bond acceptors (Lipinski definition) is 6. The summed E-state index contributed by atoms with van der Waals surface area (Å²) in [6.07, 6.45) is 4.30. The Labute approximate surface area is 200 Å². The highest BCUT2D eigenvalue weighted by Crippen LogP contribution is 2.62. The Morgan fingerprint density at radius 3 is 2.48 bits per heavy atom. The SMILES string of the molecule is CC(C)(C)CC(=O)Nc1nc2c(s1)C[C@@H]1[C@](C)(CO)[C@H](O)CC[C@@]1(C)[C@@H]2CC(=O)NC1CC1. The van der Waals surface area contributed by atoms with Gasteiger partial charge >= 0.3 is 0 Å². The zero-order valence-corrected chi connectivity index (χ0v) is 21.3. The first-order chi connectivity index (χ1) is 15.4. The maximum Gasteiger partial charge on any atom is 0.226 e. The fourth-order valence-corrected chi connectivity index (χ4v) is 7.13. The number of anilines is 1. The molecule has 0 bridgehead atoms. The van der Waals surface area contributed by atoms with Gasteiger partial charge in [-0.25, -0.2) is 4.98 Å². The molecule has 1 aromatic rings. The van der Waals surface area contributed by atoms with E-state index in [0.717, 1.165) is 29.8 Å². The molecule has 1 aromatic heterocycles. The van der Waals surface area contributed by atoms with Gasteiger partial charge in [-0.2, -0.15) is 0 Å². The maximum absolute atomic E-state index is 12.9. The summed E-state index contributed by atoms with van der Waals surface area (Å²) in [7, 11) is 0. The molecule has 8 heteroatoms. The molecule has 4 N–H and O–H groups in total. The Bertz CT molecular complexity index is 921. The molecule has 3 aliphatic carbocycles. The van der Waals surface area contributed by atoms with Crippen LogP contribution in [0.25, 0.3) is 0 Å². The molecular weight excluding hydrogens is 438 g/mol. The largest absolute Gasteiger partial charge is 0.396 e. The van der Waals surface area contributed by atoms with Gasteiger partial charge in [0, 0.05) is 35.1 Å². The fraction of sp³-hybridized carbons (Fsp3) is 0.800. The van der Waals surface area contributed by atoms with Crippen LogP contribution in [0.2, 0.25) is 0 Å². The number of rotatable bonds is 6. The van der Waals surface area contributed by atoms with E-state index >= 15 is 0 Å². The molecule has 0 unspecified atom stereocenters. The van der Waals surface area contributed by atoms with Crippen LogP contribution in [0.3, 0.4) is 0 Å². The van der Waals surface area contributed by atoms with Crippen molar-refractivity contribution in [2.24, 2.45) is 22.2 Å². The molecule has 33 heavy (non-hydrogen) atoms. The lowest BCUT2D eigenvalue weighted by atomic mass is 9.47. The van der Waals surface area contributed by atoms with Crippen LogP contribution in [0.15, 0.2) is 0 Å². The van der Waals surface area contributed by atoms with Crippen LogP contribution in [0, 0.1) is 22.2 Å². The first-order valence-electron chi connectivity index (χ1n) is 12.2. The third-order valence-electron chi connectivity index (χ3n) is 8.16. The van der Waals surface area contributed by atoms with Crippen molar-refractivity contribution >= 4 is 28.3 Å². The normalized spacial score (nSPS) is 33.7. The number of thiazole rings is 1. The highest BCUT2D eigenvalue weighted by atomic mass is 32.1. The molecule has 0 aliphatic heterocycles. The second-order valence-corrected chi connectivity index (χ2v) is 13.3. The summed E-state index contributed by atoms with van der Waals surface area (Å²) < 4.78 is 0. The summed E-state index contributed by atoms with van der Waals surface area (Å²) in [4.78, 5) is 31.4. The number of fused-ring (bicyclic) bond motifs is 2. The molecular formula is C25H39N3O4S. The van der Waals surface area contributed by atoms with E-state index in [0.29, 0.717) is 36.9 Å². The Hall–Kier alpha value is -1.51. The first kappa shape index (κ1) is 24.6. The zero-order valence-electron chi connectivity index (χ0n) is 20.5. The second-order valence-electron chi connectivity index (χ2n) is 12.2. The molecule has 5 atom stereocenters. The van der Waals surface area contributed by atoms with Gasteiger partial charge in [-0.05, 0) is 48.9 Å². The van der Waals surface area contributed by atoms with E-state index < -0.39 is 11.5 Å². The summed E-state index contributed by atoms with van der Waals surface area (Å²) in [6, 6.07) is 0.294. The fourth-order valence-electron chi connectivity index (χ4n) is 6.04. The van der Waals surface area contributed by atoms with Crippen LogP contribution in [0.1, 0.15) is 89.6 Å². The summed E-state index contributed by atoms with van der Waals surface area (Å²) in [6.45, 7) is 10.2. The number of nitrogens with one attached hydrogen (secondary N) is 2. The molecule has 7 nitrogen and oxygen atoms in total. The first-order valence-corrected chi connectivity index (χ1v) is 13.0. The van der Waals surface area contributed by atoms with E-state index in [2.05, 4.69) is 17.6 Å². The van der Waals surface area contributed by atoms with Crippen molar-refractivity contribution in [2.75, 3.05) is 11.9 Å². The monoisotopic (exact) mass is 477 g/mol. The minimum absolute atomic E-state index is 0.0172. The molecule has 0 aromatic carbocycles. The molecule has 3 aliphatic rings. The van der Waals surface area contributed by atoms with Crippen molar-refractivity contribution in [3.05, 3.63) is 10.6 Å². The van der Waals surface area contributed by atoms with Crippen molar-refractivity contribution in [3.8, 4) is 0 Å². The van der Waals surface area contributed by atoms with E-state index in [1.54, 1.807) is 0 Å². The summed E-state index contributed by atoms with van der Waals surface area (Å²) in [5.74, 6) is -0.120. The zero-order chi connectivity index (χ0) is 24.2. The lowest BCUT2D eigenvalue weighted by Gasteiger charge is -2.58. The third-order valence-corrected chi connectivity index (χ3v) is 9.17. The molecule has 0 radical (unpaired) electrons. The standard InChI is InChI=1S/C25H39N3O4S/c1-23(2,3)12-20(32)27-22-28-21-15(10-19(31)26-14-6-7-14)24(4)9-8-18(30)25(5,13-29)17(24)11-16(21)33-22/h14-15,17-18,29-30H,6-13H2,1-5H3,(H,26,31)(H,27,28,32)/t15-,17+,18-,24+,25+/m1/s1. The average molecular weight is 478 g/mol. The van der Waals surface area contributed by atoms with Crippen molar-refractivity contribution in [2.45, 2.75) is 97.6 Å². The van der Waals surface area contributed by atoms with Gasteiger partial charge in [0.05, 0.1) is 18.4 Å². The quantitative estimate of drug-likeness (QED) is 0.500. The Balaban J connectivity index is 1.68. The molecule has 2 saturated carbocycles. The Morgan fingerprint density at radius 2 is 1.88 bits per heavy atom. The van der Waals surface area contributed by atoms with Gasteiger partial charge in [0.15, 0.2) is 5.13 Å². The van der Waals surface area contributed by atoms with Crippen molar-refractivity contribution in [1.29, 1.82) is 0 Å². The van der Waals surface area contributed by atoms with Crippen LogP contribution in [0.4, 0.5) is 5.13 Å². The Morgan fingerprint density at radius 1 is 1.18 bits per heavy atom. The van der Waals surface area contributed by atoms with Gasteiger partial charge < -0.3 is 20.8 Å². The van der Waals surface area contributed by atoms with E-state index in [-0.39, 0.29) is 41.1 Å². The van der Waals surface area contributed by atoms with Crippen LogP contribution >= 0.6 is 11.3 Å². The highest BCUT2D eigenvalue weighted by Gasteiger charge is 2.59. The molecule has 0 spiro atoms. The smallest absolute Gasteiger partial charge is 0.226 e. The number of amides is 2. The minimum atomic E-state index is -0.643. The molecule has 0 saturated heterocycles. The van der Waals surface area contributed by atoms with Crippen LogP contribution in [-0.2, 0) is 16.0 Å². The van der Waals surface area contributed by atoms with Gasteiger partial charge in [0.2, 0.25) is 11.8 Å². The highest BCUT2D eigenvalue weighted by molar-refractivity contribution is 7.15. The maximum atomic E-state index is 12.9. The van der Waals surface area contributed by atoms with Gasteiger partial charge in [-0.15, -0.1) is 11.3 Å². The van der Waals surface area contributed by atoms with Crippen LogP contribution < -0.4 is 10.6 Å². The van der Waals surface area contributed by atoms with Gasteiger partial charge in [0.25, 0.3) is 0 Å². The summed E-state index contributed by atoms with van der Waals surface area (Å²) in [5, 5.41) is 27.9. The van der Waals surface area contributed by atoms with Gasteiger partial charge in [-0.1, -0.05) is 34.6 Å². The summed E-state index contributed by atoms with van der Waals surface area (Å²) in [5.41, 5.74) is -0.125. The number of nitrogens with zero attached hydrogens (tertiary/aromatic N) is 1. The van der Waals surface area contributed by atoms with E-state index in [1.807, 2.05) is 27.7 Å². The third kappa shape index (κ3) is 4.84. The number of aliphatic hydroxyl groups excluding tert-OH is 2. The van der Waals surface area contributed by atoms with Crippen molar-refractivity contribution in [1.82, 2.24) is 10.3 Å². The molecule has 2 fully saturated rings. The number of hydrogen-bond donors (Lipinski definition) is 4. The van der Waals surface area contributed by atoms with Crippen molar-refractivity contribution < 1.29 is 19.8 Å². The lowest BCUT2D eigenvalue weighted by molar-refractivity contribution is -0.144. The lowest BCUT2D eigenvalue weighted by Crippen LogP contribution is -2.57. The molecule has 184 valence electrons. The van der Waals surface area contributed by atoms with Crippen LogP contribution in [-0.4, -0.2) is 45.8 Å². The van der Waals surface area contributed by atoms with Crippen molar-refractivity contribution in [3.63, 3.8) is 0 Å². The molecule has 2 amide bonds. The number of carbonyl (C=O) groups excluding carboxylic acids is 2. The number of carbonyl (C=O) groups is 2. The Kier molecular flexibility index (Phi) is 6.42. The number of aliphatic hydroxyl groups is 2. The topological polar surface area (TPSA) is 112 Å².